The van der Waals surface area contributed by atoms with E-state index in [9.17, 15) is 28.8 Å². The van der Waals surface area contributed by atoms with Gasteiger partial charge in [-0.15, -0.1) is 0 Å². The van der Waals surface area contributed by atoms with Crippen molar-refractivity contribution in [1.29, 1.82) is 0 Å². The number of hydrogen-bond acceptors (Lipinski definition) is 13. The van der Waals surface area contributed by atoms with Gasteiger partial charge in [-0.3, -0.25) is 14.5 Å². The maximum Gasteiger partial charge on any atom is 0.331 e. The molecule has 15 heteroatoms. The lowest BCUT2D eigenvalue weighted by molar-refractivity contribution is -0.149. The van der Waals surface area contributed by atoms with Gasteiger partial charge in [-0.1, -0.05) is 30.3 Å². The first-order valence-corrected chi connectivity index (χ1v) is 16.2. The first-order chi connectivity index (χ1) is 23.8. The van der Waals surface area contributed by atoms with Crippen LogP contribution in [0, 0.1) is 0 Å². The minimum Gasteiger partial charge on any atom is -0.466 e. The summed E-state index contributed by atoms with van der Waals surface area (Å²) in [4.78, 5) is 74.4. The number of benzene rings is 1. The van der Waals surface area contributed by atoms with Gasteiger partial charge in [0.05, 0.1) is 39.6 Å². The molecule has 15 nitrogen and oxygen atoms in total. The van der Waals surface area contributed by atoms with Gasteiger partial charge in [0, 0.05) is 70.1 Å². The van der Waals surface area contributed by atoms with Gasteiger partial charge in [-0.25, -0.2) is 19.2 Å². The third-order valence-electron chi connectivity index (χ3n) is 6.74. The predicted octanol–water partition coefficient (Wildman–Crippen LogP) is 1.54. The van der Waals surface area contributed by atoms with Gasteiger partial charge in [0.1, 0.15) is 0 Å². The van der Waals surface area contributed by atoms with Crippen LogP contribution in [0.25, 0.3) is 0 Å². The van der Waals surface area contributed by atoms with E-state index in [0.717, 1.165) is 43.9 Å². The van der Waals surface area contributed by atoms with Gasteiger partial charge >= 0.3 is 23.9 Å². The molecule has 0 atom stereocenters. The fourth-order valence-corrected chi connectivity index (χ4v) is 4.11. The second kappa shape index (κ2) is 25.4. The lowest BCUT2D eigenvalue weighted by Gasteiger charge is -2.34. The van der Waals surface area contributed by atoms with Gasteiger partial charge in [-0.2, -0.15) is 0 Å². The van der Waals surface area contributed by atoms with E-state index >= 15 is 0 Å². The van der Waals surface area contributed by atoms with E-state index in [2.05, 4.69) is 26.5 Å². The highest BCUT2D eigenvalue weighted by Gasteiger charge is 2.22. The number of esters is 4. The molecule has 0 spiro atoms. The summed E-state index contributed by atoms with van der Waals surface area (Å²) in [6.07, 6.45) is 3.85. The van der Waals surface area contributed by atoms with Crippen LogP contribution in [0.2, 0.25) is 0 Å². The van der Waals surface area contributed by atoms with Crippen molar-refractivity contribution in [2.45, 2.75) is 46.4 Å². The van der Waals surface area contributed by atoms with Crippen LogP contribution in [0.15, 0.2) is 54.6 Å². The molecule has 1 heterocycles. The summed E-state index contributed by atoms with van der Waals surface area (Å²) in [5, 5.41) is 0. The number of amides is 2. The Morgan fingerprint density at radius 3 is 1.60 bits per heavy atom. The quantitative estimate of drug-likeness (QED) is 0.123. The van der Waals surface area contributed by atoms with Crippen molar-refractivity contribution >= 4 is 35.7 Å². The Morgan fingerprint density at radius 2 is 1.14 bits per heavy atom. The molecule has 0 aliphatic carbocycles. The van der Waals surface area contributed by atoms with Crippen LogP contribution < -0.4 is 0 Å². The van der Waals surface area contributed by atoms with E-state index in [1.807, 2.05) is 45.9 Å². The smallest absolute Gasteiger partial charge is 0.331 e. The molecular formula is C35H51N3O12. The molecule has 0 saturated carbocycles. The maximum atomic E-state index is 12.2. The first-order valence-electron chi connectivity index (χ1n) is 16.2. The number of carbonyl (C=O) groups is 6. The van der Waals surface area contributed by atoms with E-state index in [1.165, 1.54) is 24.7 Å². The molecule has 2 rings (SSSR count). The average Bonchev–Trinajstić information content (AvgIpc) is 3.10. The molecule has 1 aromatic rings. The minimum absolute atomic E-state index is 0.0603. The summed E-state index contributed by atoms with van der Waals surface area (Å²) < 4.78 is 29.3. The van der Waals surface area contributed by atoms with E-state index in [-0.39, 0.29) is 30.6 Å². The third-order valence-corrected chi connectivity index (χ3v) is 6.74. The zero-order valence-corrected chi connectivity index (χ0v) is 29.9. The van der Waals surface area contributed by atoms with Gasteiger partial charge in [0.15, 0.2) is 13.2 Å². The van der Waals surface area contributed by atoms with Crippen LogP contribution >= 0.6 is 0 Å². The highest BCUT2D eigenvalue weighted by Crippen LogP contribution is 2.09. The van der Waals surface area contributed by atoms with E-state index in [0.29, 0.717) is 39.4 Å². The Morgan fingerprint density at radius 1 is 0.680 bits per heavy atom. The molecular weight excluding hydrogens is 654 g/mol. The Bertz CT molecular complexity index is 1240. The summed E-state index contributed by atoms with van der Waals surface area (Å²) in [5.74, 6) is -3.48. The maximum absolute atomic E-state index is 12.2. The topological polar surface area (TPSA) is 168 Å². The van der Waals surface area contributed by atoms with E-state index < -0.39 is 30.5 Å². The Labute approximate surface area is 294 Å². The molecule has 0 aromatic heterocycles. The Kier molecular flexibility index (Phi) is 22.0. The van der Waals surface area contributed by atoms with Gasteiger partial charge in [-0.05, 0) is 33.3 Å². The molecule has 1 aromatic carbocycles. The number of methoxy groups -OCH3 is 2. The van der Waals surface area contributed by atoms with Crippen LogP contribution in [0.1, 0.15) is 33.3 Å². The van der Waals surface area contributed by atoms with Crippen molar-refractivity contribution in [3.05, 3.63) is 60.2 Å². The van der Waals surface area contributed by atoms with Crippen LogP contribution in [-0.4, -0.2) is 143 Å². The van der Waals surface area contributed by atoms with Crippen molar-refractivity contribution in [1.82, 2.24) is 14.7 Å². The largest absolute Gasteiger partial charge is 0.466 e. The minimum atomic E-state index is -0.796. The standard InChI is InChI=1S/C18H22N2O5.C17H29NO7/c1-24-17(22)7-8-18(23)25-14-16(21)20-11-9-19(10-12-20)13-15-5-3-2-4-6-15;1-13(2)23-10-8-18(9-11-24-14(3)4)15(19)12-25-17(21)7-6-16(20)22-5/h2-8H,9-14H2,1H3;6-7,13-14H,8-12H2,1-5H3/b8-7+;7-6+. The molecule has 2 amide bonds. The zero-order chi connectivity index (χ0) is 37.3. The van der Waals surface area contributed by atoms with Crippen LogP contribution in [0.5, 0.6) is 0 Å². The Hall–Kier alpha value is -4.60. The monoisotopic (exact) mass is 705 g/mol. The molecule has 1 fully saturated rings. The molecule has 0 bridgehead atoms. The summed E-state index contributed by atoms with van der Waals surface area (Å²) >= 11 is 0. The normalized spacial score (nSPS) is 13.2. The van der Waals surface area contributed by atoms with Crippen molar-refractivity contribution in [2.75, 3.05) is 79.9 Å². The van der Waals surface area contributed by atoms with Gasteiger partial charge in [0.2, 0.25) is 0 Å². The van der Waals surface area contributed by atoms with Crippen molar-refractivity contribution in [2.24, 2.45) is 0 Å². The first kappa shape index (κ1) is 43.4. The van der Waals surface area contributed by atoms with Crippen LogP contribution in [0.4, 0.5) is 0 Å². The van der Waals surface area contributed by atoms with E-state index in [4.69, 9.17) is 18.9 Å². The fraction of sp³-hybridized carbons (Fsp3) is 0.543. The molecule has 1 aliphatic heterocycles. The predicted molar refractivity (Wildman–Crippen MR) is 181 cm³/mol. The third kappa shape index (κ3) is 20.7. The number of carbonyl (C=O) groups excluding carboxylic acids is 6. The molecule has 0 unspecified atom stereocenters. The number of nitrogens with zero attached hydrogens (tertiary/aromatic N) is 3. The highest BCUT2D eigenvalue weighted by molar-refractivity contribution is 5.93. The summed E-state index contributed by atoms with van der Waals surface area (Å²) in [6, 6.07) is 10.2. The van der Waals surface area contributed by atoms with Gasteiger partial charge < -0.3 is 38.2 Å². The molecule has 278 valence electrons. The highest BCUT2D eigenvalue weighted by atomic mass is 16.5. The van der Waals surface area contributed by atoms with Gasteiger partial charge in [0.25, 0.3) is 11.8 Å². The summed E-state index contributed by atoms with van der Waals surface area (Å²) in [6.45, 7) is 12.0. The average molecular weight is 706 g/mol. The van der Waals surface area contributed by atoms with E-state index in [1.54, 1.807) is 4.90 Å². The lowest BCUT2D eigenvalue weighted by atomic mass is 10.2. The fourth-order valence-electron chi connectivity index (χ4n) is 4.11. The van der Waals surface area contributed by atoms with Crippen LogP contribution in [-0.2, 0) is 63.7 Å². The summed E-state index contributed by atoms with van der Waals surface area (Å²) in [5.41, 5.74) is 1.24. The van der Waals surface area contributed by atoms with Crippen molar-refractivity contribution < 1.29 is 57.2 Å². The molecule has 1 aliphatic rings. The SMILES string of the molecule is COC(=O)/C=C/C(=O)OCC(=O)N(CCOC(C)C)CCOC(C)C.COC(=O)/C=C/C(=O)OCC(=O)N1CCN(Cc2ccccc2)CC1. The number of ether oxygens (including phenoxy) is 6. The molecule has 0 radical (unpaired) electrons. The molecule has 1 saturated heterocycles. The zero-order valence-electron chi connectivity index (χ0n) is 29.9. The number of hydrogen-bond donors (Lipinski definition) is 0. The Balaban J connectivity index is 0.000000500. The number of piperazine rings is 1. The molecule has 0 N–H and O–H groups in total. The second-order valence-electron chi connectivity index (χ2n) is 11.3. The van der Waals surface area contributed by atoms with Crippen molar-refractivity contribution in [3.8, 4) is 0 Å². The molecule has 50 heavy (non-hydrogen) atoms. The van der Waals surface area contributed by atoms with Crippen molar-refractivity contribution in [3.63, 3.8) is 0 Å². The summed E-state index contributed by atoms with van der Waals surface area (Å²) in [7, 11) is 2.40. The lowest BCUT2D eigenvalue weighted by Crippen LogP contribution is -2.49. The van der Waals surface area contributed by atoms with Crippen LogP contribution in [0.3, 0.4) is 0 Å². The number of rotatable bonds is 18. The second-order valence-corrected chi connectivity index (χ2v) is 11.3.